The summed E-state index contributed by atoms with van der Waals surface area (Å²) in [7, 11) is 2.77. The summed E-state index contributed by atoms with van der Waals surface area (Å²) in [6, 6.07) is -0.809. The fraction of sp³-hybridized carbons (Fsp3) is 0.727. The Hall–Kier alpha value is -1.34. The number of rotatable bonds is 7. The van der Waals surface area contributed by atoms with E-state index in [1.807, 2.05) is 0 Å². The maximum atomic E-state index is 11.6. The van der Waals surface area contributed by atoms with Crippen LogP contribution in [-0.4, -0.2) is 56.0 Å². The van der Waals surface area contributed by atoms with E-state index in [9.17, 15) is 14.4 Å². The van der Waals surface area contributed by atoms with Crippen LogP contribution in [0, 0.1) is 0 Å². The maximum absolute atomic E-state index is 11.6. The number of carbonyl (C=O) groups is 3. The number of nitrogens with zero attached hydrogens (tertiary/aromatic N) is 1. The quantitative estimate of drug-likeness (QED) is 0.604. The van der Waals surface area contributed by atoms with Crippen LogP contribution in [-0.2, 0) is 19.1 Å². The molecule has 8 heteroatoms. The molecule has 0 radical (unpaired) electrons. The van der Waals surface area contributed by atoms with Crippen molar-refractivity contribution in [3.63, 3.8) is 0 Å². The lowest BCUT2D eigenvalue weighted by molar-refractivity contribution is -0.142. The highest BCUT2D eigenvalue weighted by Crippen LogP contribution is 2.00. The van der Waals surface area contributed by atoms with Crippen LogP contribution in [0.15, 0.2) is 0 Å². The van der Waals surface area contributed by atoms with Gasteiger partial charge in [0, 0.05) is 20.0 Å². The molecule has 0 aliphatic heterocycles. The first-order valence-electron chi connectivity index (χ1n) is 5.76. The highest BCUT2D eigenvalue weighted by atomic mass is 35.5. The molecule has 2 amide bonds. The van der Waals surface area contributed by atoms with Crippen molar-refractivity contribution in [2.24, 2.45) is 5.73 Å². The van der Waals surface area contributed by atoms with Crippen molar-refractivity contribution in [2.75, 3.05) is 27.2 Å². The van der Waals surface area contributed by atoms with E-state index in [-0.39, 0.29) is 43.6 Å². The number of ether oxygens (including phenoxy) is 1. The van der Waals surface area contributed by atoms with E-state index in [0.29, 0.717) is 6.54 Å². The normalized spacial score (nSPS) is 10.9. The van der Waals surface area contributed by atoms with E-state index in [1.54, 1.807) is 6.92 Å². The molecule has 0 aliphatic rings. The maximum Gasteiger partial charge on any atom is 0.322 e. The average molecular weight is 296 g/mol. The molecule has 0 spiro atoms. The number of nitrogens with two attached hydrogens (primary N) is 1. The molecule has 0 rings (SSSR count). The first kappa shape index (κ1) is 20.0. The van der Waals surface area contributed by atoms with Crippen molar-refractivity contribution in [2.45, 2.75) is 25.8 Å². The van der Waals surface area contributed by atoms with Crippen molar-refractivity contribution in [3.8, 4) is 0 Å². The molecule has 19 heavy (non-hydrogen) atoms. The molecule has 0 saturated carbocycles. The van der Waals surface area contributed by atoms with Crippen molar-refractivity contribution in [3.05, 3.63) is 0 Å². The van der Waals surface area contributed by atoms with Crippen LogP contribution < -0.4 is 11.1 Å². The summed E-state index contributed by atoms with van der Waals surface area (Å²) >= 11 is 0. The van der Waals surface area contributed by atoms with Gasteiger partial charge in [-0.05, 0) is 13.3 Å². The topological polar surface area (TPSA) is 102 Å². The minimum absolute atomic E-state index is 0. The van der Waals surface area contributed by atoms with E-state index in [1.165, 1.54) is 19.1 Å². The number of amides is 2. The highest BCUT2D eigenvalue weighted by Gasteiger charge is 2.18. The van der Waals surface area contributed by atoms with Crippen LogP contribution in [0.4, 0.5) is 0 Å². The third kappa shape index (κ3) is 8.39. The monoisotopic (exact) mass is 295 g/mol. The zero-order valence-electron chi connectivity index (χ0n) is 11.5. The van der Waals surface area contributed by atoms with E-state index < -0.39 is 12.0 Å². The largest absolute Gasteiger partial charge is 0.468 e. The van der Waals surface area contributed by atoms with Crippen molar-refractivity contribution in [1.29, 1.82) is 0 Å². The SMILES string of the molecule is CCNC(=O)CN(C)C(=O)CCC(N)C(=O)OC.Cl. The summed E-state index contributed by atoms with van der Waals surface area (Å²) in [5, 5.41) is 2.59. The lowest BCUT2D eigenvalue weighted by Gasteiger charge is -2.17. The Morgan fingerprint density at radius 3 is 2.42 bits per heavy atom. The second kappa shape index (κ2) is 10.6. The summed E-state index contributed by atoms with van der Waals surface area (Å²) in [5.74, 6) is -1.000. The smallest absolute Gasteiger partial charge is 0.322 e. The van der Waals surface area contributed by atoms with Crippen LogP contribution in [0.25, 0.3) is 0 Å². The highest BCUT2D eigenvalue weighted by molar-refractivity contribution is 5.85. The molecule has 0 aromatic heterocycles. The first-order valence-corrected chi connectivity index (χ1v) is 5.76. The number of hydrogen-bond acceptors (Lipinski definition) is 5. The Balaban J connectivity index is 0. The van der Waals surface area contributed by atoms with E-state index in [0.717, 1.165) is 0 Å². The predicted octanol–water partition coefficient (Wildman–Crippen LogP) is -0.717. The molecule has 0 fully saturated rings. The van der Waals surface area contributed by atoms with Gasteiger partial charge in [-0.1, -0.05) is 0 Å². The Labute approximate surface area is 119 Å². The summed E-state index contributed by atoms with van der Waals surface area (Å²) in [5.41, 5.74) is 5.50. The van der Waals surface area contributed by atoms with Crippen molar-refractivity contribution >= 4 is 30.2 Å². The van der Waals surface area contributed by atoms with Gasteiger partial charge in [-0.15, -0.1) is 12.4 Å². The molecule has 3 N–H and O–H groups in total. The predicted molar refractivity (Wildman–Crippen MR) is 72.8 cm³/mol. The van der Waals surface area contributed by atoms with Gasteiger partial charge < -0.3 is 20.7 Å². The molecule has 0 heterocycles. The fourth-order valence-electron chi connectivity index (χ4n) is 1.30. The standard InChI is InChI=1S/C11H21N3O4.ClH/c1-4-13-9(15)7-14(2)10(16)6-5-8(12)11(17)18-3;/h8H,4-7,12H2,1-3H3,(H,13,15);1H. The third-order valence-electron chi connectivity index (χ3n) is 2.35. The minimum atomic E-state index is -0.809. The molecule has 112 valence electrons. The fourth-order valence-corrected chi connectivity index (χ4v) is 1.30. The van der Waals surface area contributed by atoms with Crippen LogP contribution in [0.2, 0.25) is 0 Å². The summed E-state index contributed by atoms with van der Waals surface area (Å²) in [4.78, 5) is 35.2. The number of esters is 1. The molecule has 1 unspecified atom stereocenters. The van der Waals surface area contributed by atoms with Crippen LogP contribution in [0.3, 0.4) is 0 Å². The number of nitrogens with one attached hydrogen (secondary N) is 1. The first-order chi connectivity index (χ1) is 8.42. The lowest BCUT2D eigenvalue weighted by Crippen LogP contribution is -2.39. The number of hydrogen-bond donors (Lipinski definition) is 2. The zero-order valence-corrected chi connectivity index (χ0v) is 12.3. The van der Waals surface area contributed by atoms with Crippen LogP contribution in [0.5, 0.6) is 0 Å². The van der Waals surface area contributed by atoms with Gasteiger partial charge in [0.15, 0.2) is 0 Å². The molecule has 0 aromatic carbocycles. The molecular weight excluding hydrogens is 274 g/mol. The van der Waals surface area contributed by atoms with E-state index >= 15 is 0 Å². The molecule has 7 nitrogen and oxygen atoms in total. The summed E-state index contributed by atoms with van der Waals surface area (Å²) in [6.45, 7) is 2.32. The number of methoxy groups -OCH3 is 1. The van der Waals surface area contributed by atoms with Crippen LogP contribution in [0.1, 0.15) is 19.8 Å². The molecule has 0 aromatic rings. The van der Waals surface area contributed by atoms with Gasteiger partial charge in [0.1, 0.15) is 6.04 Å². The second-order valence-electron chi connectivity index (χ2n) is 3.87. The van der Waals surface area contributed by atoms with E-state index in [2.05, 4.69) is 10.1 Å². The Bertz CT molecular complexity index is 312. The third-order valence-corrected chi connectivity index (χ3v) is 2.35. The molecular formula is C11H22ClN3O4. The van der Waals surface area contributed by atoms with Gasteiger partial charge in [-0.3, -0.25) is 14.4 Å². The van der Waals surface area contributed by atoms with Gasteiger partial charge in [0.2, 0.25) is 11.8 Å². The molecule has 0 aliphatic carbocycles. The van der Waals surface area contributed by atoms with E-state index in [4.69, 9.17) is 5.73 Å². The summed E-state index contributed by atoms with van der Waals surface area (Å²) in [6.07, 6.45) is 0.303. The Kier molecular flexibility index (Phi) is 11.1. The van der Waals surface area contributed by atoms with Gasteiger partial charge in [0.05, 0.1) is 13.7 Å². The van der Waals surface area contributed by atoms with Gasteiger partial charge in [0.25, 0.3) is 0 Å². The van der Waals surface area contributed by atoms with Gasteiger partial charge in [-0.25, -0.2) is 0 Å². The zero-order chi connectivity index (χ0) is 14.1. The molecule has 1 atom stereocenters. The Morgan fingerprint density at radius 2 is 1.95 bits per heavy atom. The average Bonchev–Trinajstić information content (AvgIpc) is 2.34. The van der Waals surface area contributed by atoms with Crippen molar-refractivity contribution < 1.29 is 19.1 Å². The van der Waals surface area contributed by atoms with Gasteiger partial charge in [-0.2, -0.15) is 0 Å². The summed E-state index contributed by atoms with van der Waals surface area (Å²) < 4.78 is 4.45. The molecule has 0 bridgehead atoms. The Morgan fingerprint density at radius 1 is 1.37 bits per heavy atom. The minimum Gasteiger partial charge on any atom is -0.468 e. The number of likely N-dealkylation sites (N-methyl/N-ethyl adjacent to an activating group) is 2. The van der Waals surface area contributed by atoms with Gasteiger partial charge >= 0.3 is 5.97 Å². The second-order valence-corrected chi connectivity index (χ2v) is 3.87. The van der Waals surface area contributed by atoms with Crippen LogP contribution >= 0.6 is 12.4 Å². The molecule has 0 saturated heterocycles. The van der Waals surface area contributed by atoms with Crippen molar-refractivity contribution in [1.82, 2.24) is 10.2 Å². The number of halogens is 1. The lowest BCUT2D eigenvalue weighted by atomic mass is 10.1. The number of carbonyl (C=O) groups excluding carboxylic acids is 3.